The first kappa shape index (κ1) is 12.8. The highest BCUT2D eigenvalue weighted by atomic mass is 14.8. The van der Waals surface area contributed by atoms with Crippen molar-refractivity contribution in [2.45, 2.75) is 51.0 Å². The Labute approximate surface area is 121 Å². The van der Waals surface area contributed by atoms with Gasteiger partial charge in [0.15, 0.2) is 0 Å². The summed E-state index contributed by atoms with van der Waals surface area (Å²) in [5.74, 6) is 4.99. The molecule has 2 N–H and O–H groups in total. The summed E-state index contributed by atoms with van der Waals surface area (Å²) in [6, 6.07) is 0.259. The Balaban J connectivity index is 1.39. The minimum absolute atomic E-state index is 0.259. The summed E-state index contributed by atoms with van der Waals surface area (Å²) < 4.78 is 0. The van der Waals surface area contributed by atoms with Crippen molar-refractivity contribution in [3.05, 3.63) is 24.3 Å². The molecule has 3 nitrogen and oxygen atoms in total. The van der Waals surface area contributed by atoms with E-state index in [1.165, 1.54) is 38.5 Å². The Morgan fingerprint density at radius 2 is 1.75 bits per heavy atom. The summed E-state index contributed by atoms with van der Waals surface area (Å²) in [6.45, 7) is 0. The summed E-state index contributed by atoms with van der Waals surface area (Å²) in [7, 11) is 0. The van der Waals surface area contributed by atoms with Crippen molar-refractivity contribution in [2.75, 3.05) is 0 Å². The molecule has 5 rings (SSSR count). The fourth-order valence-electron chi connectivity index (χ4n) is 5.56. The molecule has 20 heavy (non-hydrogen) atoms. The lowest BCUT2D eigenvalue weighted by Gasteiger charge is -2.55. The molecule has 4 fully saturated rings. The van der Waals surface area contributed by atoms with E-state index < -0.39 is 0 Å². The van der Waals surface area contributed by atoms with Crippen molar-refractivity contribution in [3.8, 4) is 0 Å². The van der Waals surface area contributed by atoms with Gasteiger partial charge in [-0.05, 0) is 68.1 Å². The molecule has 1 atom stereocenters. The third-order valence-electron chi connectivity index (χ3n) is 6.08. The van der Waals surface area contributed by atoms with Crippen molar-refractivity contribution >= 4 is 0 Å². The van der Waals surface area contributed by atoms with Gasteiger partial charge >= 0.3 is 0 Å². The summed E-state index contributed by atoms with van der Waals surface area (Å²) in [5.41, 5.74) is 7.46. The van der Waals surface area contributed by atoms with E-state index in [0.29, 0.717) is 0 Å². The molecule has 0 radical (unpaired) electrons. The van der Waals surface area contributed by atoms with Crippen LogP contribution in [0.3, 0.4) is 0 Å². The molecule has 4 aliphatic rings. The fraction of sp³-hybridized carbons (Fsp3) is 0.765. The summed E-state index contributed by atoms with van der Waals surface area (Å²) in [4.78, 5) is 8.50. The maximum atomic E-state index is 6.42. The lowest BCUT2D eigenvalue weighted by Crippen LogP contribution is -2.47. The van der Waals surface area contributed by atoms with Gasteiger partial charge in [-0.3, -0.25) is 9.97 Å². The Morgan fingerprint density at radius 1 is 1.05 bits per heavy atom. The van der Waals surface area contributed by atoms with E-state index in [9.17, 15) is 0 Å². The molecule has 1 heterocycles. The predicted molar refractivity (Wildman–Crippen MR) is 78.9 cm³/mol. The van der Waals surface area contributed by atoms with Gasteiger partial charge < -0.3 is 5.73 Å². The van der Waals surface area contributed by atoms with E-state index in [2.05, 4.69) is 9.97 Å². The lowest BCUT2D eigenvalue weighted by atomic mass is 9.51. The fourth-order valence-corrected chi connectivity index (χ4v) is 5.56. The van der Waals surface area contributed by atoms with Crippen molar-refractivity contribution in [1.29, 1.82) is 0 Å². The van der Waals surface area contributed by atoms with E-state index in [1.54, 1.807) is 12.4 Å². The minimum Gasteiger partial charge on any atom is -0.327 e. The first-order valence-electron chi connectivity index (χ1n) is 8.28. The number of rotatable bonds is 4. The van der Waals surface area contributed by atoms with E-state index in [0.717, 1.165) is 41.7 Å². The molecule has 0 amide bonds. The molecule has 0 aromatic carbocycles. The molecule has 1 unspecified atom stereocenters. The quantitative estimate of drug-likeness (QED) is 0.916. The van der Waals surface area contributed by atoms with Crippen molar-refractivity contribution in [3.63, 3.8) is 0 Å². The first-order chi connectivity index (χ1) is 9.78. The molecule has 1 aromatic rings. The normalized spacial score (nSPS) is 40.0. The highest BCUT2D eigenvalue weighted by Crippen LogP contribution is 2.57. The molecule has 0 aliphatic heterocycles. The highest BCUT2D eigenvalue weighted by Gasteiger charge is 2.48. The molecular weight excluding hydrogens is 246 g/mol. The Bertz CT molecular complexity index is 431. The lowest BCUT2D eigenvalue weighted by molar-refractivity contribution is -0.0419. The number of hydrogen-bond acceptors (Lipinski definition) is 3. The van der Waals surface area contributed by atoms with Crippen LogP contribution in [-0.2, 0) is 6.42 Å². The molecule has 0 saturated heterocycles. The second-order valence-corrected chi connectivity index (χ2v) is 7.49. The van der Waals surface area contributed by atoms with Crippen LogP contribution < -0.4 is 5.73 Å². The van der Waals surface area contributed by atoms with Gasteiger partial charge in [-0.15, -0.1) is 0 Å². The smallest absolute Gasteiger partial charge is 0.0602 e. The van der Waals surface area contributed by atoms with Crippen LogP contribution in [-0.4, -0.2) is 16.0 Å². The van der Waals surface area contributed by atoms with Crippen molar-refractivity contribution in [2.24, 2.45) is 35.3 Å². The predicted octanol–water partition coefficient (Wildman–Crippen LogP) is 2.81. The van der Waals surface area contributed by atoms with Crippen LogP contribution >= 0.6 is 0 Å². The van der Waals surface area contributed by atoms with Gasteiger partial charge in [-0.25, -0.2) is 0 Å². The molecule has 4 aliphatic carbocycles. The van der Waals surface area contributed by atoms with Gasteiger partial charge in [0.25, 0.3) is 0 Å². The van der Waals surface area contributed by atoms with Crippen LogP contribution in [0.2, 0.25) is 0 Å². The van der Waals surface area contributed by atoms with Gasteiger partial charge in [0.2, 0.25) is 0 Å². The van der Waals surface area contributed by atoms with E-state index in [-0.39, 0.29) is 6.04 Å². The zero-order valence-electron chi connectivity index (χ0n) is 12.1. The standard InChI is InChI=1S/C17H25N3/c18-15(8-16-10-19-1-2-20-16)9-17-13-4-11-3-12(6-13)7-14(17)5-11/h1-2,10-15,17H,3-9,18H2. The van der Waals surface area contributed by atoms with Crippen LogP contribution in [0, 0.1) is 29.6 Å². The average molecular weight is 271 g/mol. The maximum Gasteiger partial charge on any atom is 0.0602 e. The van der Waals surface area contributed by atoms with Crippen LogP contribution in [0.5, 0.6) is 0 Å². The van der Waals surface area contributed by atoms with E-state index in [4.69, 9.17) is 5.73 Å². The van der Waals surface area contributed by atoms with Crippen LogP contribution in [0.25, 0.3) is 0 Å². The minimum atomic E-state index is 0.259. The average Bonchev–Trinajstić information content (AvgIpc) is 2.43. The number of nitrogens with two attached hydrogens (primary N) is 1. The second-order valence-electron chi connectivity index (χ2n) is 7.49. The monoisotopic (exact) mass is 271 g/mol. The molecule has 1 aromatic heterocycles. The SMILES string of the molecule is NC(Cc1cnccn1)CC1C2CC3CC(C2)CC1C3. The molecule has 0 spiro atoms. The van der Waals surface area contributed by atoms with E-state index in [1.807, 2.05) is 6.20 Å². The molecule has 3 heteroatoms. The van der Waals surface area contributed by atoms with Gasteiger partial charge in [-0.1, -0.05) is 0 Å². The zero-order valence-corrected chi connectivity index (χ0v) is 12.1. The zero-order chi connectivity index (χ0) is 13.5. The van der Waals surface area contributed by atoms with Gasteiger partial charge in [0.1, 0.15) is 0 Å². The number of aromatic nitrogens is 2. The maximum absolute atomic E-state index is 6.42. The third kappa shape index (κ3) is 2.37. The first-order valence-corrected chi connectivity index (χ1v) is 8.28. The molecule has 4 saturated carbocycles. The highest BCUT2D eigenvalue weighted by molar-refractivity contribution is 5.01. The largest absolute Gasteiger partial charge is 0.327 e. The summed E-state index contributed by atoms with van der Waals surface area (Å²) in [6.07, 6.45) is 15.0. The van der Waals surface area contributed by atoms with E-state index >= 15 is 0 Å². The molecule has 108 valence electrons. The van der Waals surface area contributed by atoms with Gasteiger partial charge in [0.05, 0.1) is 5.69 Å². The topological polar surface area (TPSA) is 51.8 Å². The second kappa shape index (κ2) is 5.10. The third-order valence-corrected chi connectivity index (χ3v) is 6.08. The van der Waals surface area contributed by atoms with Gasteiger partial charge in [-0.2, -0.15) is 0 Å². The van der Waals surface area contributed by atoms with Crippen molar-refractivity contribution in [1.82, 2.24) is 9.97 Å². The Kier molecular flexibility index (Phi) is 3.25. The number of hydrogen-bond donors (Lipinski definition) is 1. The van der Waals surface area contributed by atoms with Crippen LogP contribution in [0.15, 0.2) is 18.6 Å². The van der Waals surface area contributed by atoms with Gasteiger partial charge in [0, 0.05) is 31.1 Å². The summed E-state index contributed by atoms with van der Waals surface area (Å²) >= 11 is 0. The Morgan fingerprint density at radius 3 is 2.35 bits per heavy atom. The number of nitrogens with zero attached hydrogens (tertiary/aromatic N) is 2. The van der Waals surface area contributed by atoms with Crippen molar-refractivity contribution < 1.29 is 0 Å². The molecular formula is C17H25N3. The van der Waals surface area contributed by atoms with Crippen LogP contribution in [0.4, 0.5) is 0 Å². The molecule has 4 bridgehead atoms. The summed E-state index contributed by atoms with van der Waals surface area (Å²) in [5, 5.41) is 0. The van der Waals surface area contributed by atoms with Crippen LogP contribution in [0.1, 0.15) is 44.2 Å². The Hall–Kier alpha value is -0.960.